The molecule has 0 amide bonds. The first-order chi connectivity index (χ1) is 17.7. The van der Waals surface area contributed by atoms with Gasteiger partial charge >= 0.3 is 0 Å². The maximum atomic E-state index is 13.7. The molecule has 2 heterocycles. The summed E-state index contributed by atoms with van der Waals surface area (Å²) >= 11 is 0. The van der Waals surface area contributed by atoms with Crippen LogP contribution in [0.4, 0.5) is 0 Å². The smallest absolute Gasteiger partial charge is 0.247 e. The molecule has 3 atom stereocenters. The summed E-state index contributed by atoms with van der Waals surface area (Å²) in [6.07, 6.45) is 3.31. The Labute approximate surface area is 219 Å². The number of likely N-dealkylation sites (N-methyl/N-ethyl adjacent to an activating group) is 1. The van der Waals surface area contributed by atoms with Gasteiger partial charge in [-0.3, -0.25) is 9.88 Å². The molecule has 1 aromatic heterocycles. The number of pyridine rings is 1. The Morgan fingerprint density at radius 2 is 1.92 bits per heavy atom. The second kappa shape index (κ2) is 11.6. The Morgan fingerprint density at radius 3 is 2.57 bits per heavy atom. The number of rotatable bonds is 8. The first-order valence-electron chi connectivity index (χ1n) is 12.4. The van der Waals surface area contributed by atoms with Crippen LogP contribution in [0.5, 0.6) is 11.5 Å². The van der Waals surface area contributed by atoms with E-state index in [2.05, 4.69) is 9.88 Å². The van der Waals surface area contributed by atoms with E-state index in [4.69, 9.17) is 9.47 Å². The van der Waals surface area contributed by atoms with Crippen LogP contribution in [0.1, 0.15) is 19.4 Å². The van der Waals surface area contributed by atoms with Crippen molar-refractivity contribution in [3.63, 3.8) is 0 Å². The zero-order chi connectivity index (χ0) is 26.6. The quantitative estimate of drug-likeness (QED) is 0.480. The average molecular weight is 526 g/mol. The highest BCUT2D eigenvalue weighted by atomic mass is 32.2. The highest BCUT2D eigenvalue weighted by Gasteiger charge is 2.38. The van der Waals surface area contributed by atoms with Crippen LogP contribution in [-0.4, -0.2) is 73.7 Å². The van der Waals surface area contributed by atoms with Gasteiger partial charge in [0.15, 0.2) is 0 Å². The molecule has 4 rings (SSSR count). The SMILES string of the molecule is COc1ccc(-c2ccc3c(c2)O[C@H](CN(C)Cc2cccnc2)[C@@H](C)CN([C@H](C)CO)S3(=O)=O)cc1. The summed E-state index contributed by atoms with van der Waals surface area (Å²) in [4.78, 5) is 6.46. The molecule has 198 valence electrons. The number of nitrogens with zero attached hydrogens (tertiary/aromatic N) is 3. The highest BCUT2D eigenvalue weighted by molar-refractivity contribution is 7.89. The van der Waals surface area contributed by atoms with Gasteiger partial charge < -0.3 is 14.6 Å². The van der Waals surface area contributed by atoms with E-state index in [0.717, 1.165) is 22.4 Å². The lowest BCUT2D eigenvalue weighted by Gasteiger charge is -2.37. The molecule has 8 nitrogen and oxygen atoms in total. The van der Waals surface area contributed by atoms with Crippen molar-refractivity contribution in [1.82, 2.24) is 14.2 Å². The monoisotopic (exact) mass is 525 g/mol. The topological polar surface area (TPSA) is 92.2 Å². The molecule has 0 unspecified atom stereocenters. The van der Waals surface area contributed by atoms with E-state index in [9.17, 15) is 13.5 Å². The molecule has 2 aromatic carbocycles. The number of aliphatic hydroxyl groups is 1. The van der Waals surface area contributed by atoms with Crippen LogP contribution < -0.4 is 9.47 Å². The van der Waals surface area contributed by atoms with Gasteiger partial charge in [0.25, 0.3) is 0 Å². The van der Waals surface area contributed by atoms with Crippen molar-refractivity contribution in [2.24, 2.45) is 5.92 Å². The standard InChI is InChI=1S/C28H35N3O5S/c1-20-16-31(21(2)19-32)37(33,34)28-12-9-24(23-7-10-25(35-4)11-8-23)14-26(28)36-27(20)18-30(3)17-22-6-5-13-29-15-22/h5-15,20-21,27,32H,16-19H2,1-4H3/t20-,21+,27+/m0/s1. The van der Waals surface area contributed by atoms with E-state index < -0.39 is 16.1 Å². The lowest BCUT2D eigenvalue weighted by molar-refractivity contribution is 0.0734. The Morgan fingerprint density at radius 1 is 1.19 bits per heavy atom. The highest BCUT2D eigenvalue weighted by Crippen LogP contribution is 2.37. The van der Waals surface area contributed by atoms with Crippen LogP contribution in [-0.2, 0) is 16.6 Å². The molecular weight excluding hydrogens is 490 g/mol. The summed E-state index contributed by atoms with van der Waals surface area (Å²) in [5.74, 6) is 0.931. The first-order valence-corrected chi connectivity index (χ1v) is 13.8. The van der Waals surface area contributed by atoms with Gasteiger partial charge in [-0.25, -0.2) is 8.42 Å². The minimum Gasteiger partial charge on any atom is -0.497 e. The minimum atomic E-state index is -3.89. The molecule has 1 aliphatic heterocycles. The predicted molar refractivity (Wildman–Crippen MR) is 143 cm³/mol. The molecule has 0 aliphatic carbocycles. The summed E-state index contributed by atoms with van der Waals surface area (Å²) in [5, 5.41) is 9.86. The number of methoxy groups -OCH3 is 1. The maximum absolute atomic E-state index is 13.7. The largest absolute Gasteiger partial charge is 0.497 e. The van der Waals surface area contributed by atoms with Gasteiger partial charge in [-0.2, -0.15) is 4.31 Å². The van der Waals surface area contributed by atoms with Crippen LogP contribution in [0.25, 0.3) is 11.1 Å². The molecule has 0 fully saturated rings. The lowest BCUT2D eigenvalue weighted by Crippen LogP contribution is -2.49. The van der Waals surface area contributed by atoms with E-state index >= 15 is 0 Å². The number of benzene rings is 2. The van der Waals surface area contributed by atoms with Crippen LogP contribution in [0.15, 0.2) is 71.9 Å². The van der Waals surface area contributed by atoms with Crippen LogP contribution >= 0.6 is 0 Å². The number of aromatic nitrogens is 1. The zero-order valence-electron chi connectivity index (χ0n) is 21.7. The average Bonchev–Trinajstić information content (AvgIpc) is 2.90. The van der Waals surface area contributed by atoms with E-state index in [1.807, 2.05) is 56.6 Å². The molecule has 0 radical (unpaired) electrons. The molecule has 0 bridgehead atoms. The third kappa shape index (κ3) is 6.13. The summed E-state index contributed by atoms with van der Waals surface area (Å²) in [6, 6.07) is 16.2. The lowest BCUT2D eigenvalue weighted by atomic mass is 10.0. The van der Waals surface area contributed by atoms with Crippen molar-refractivity contribution in [2.75, 3.05) is 33.9 Å². The van der Waals surface area contributed by atoms with Crippen molar-refractivity contribution in [3.8, 4) is 22.6 Å². The number of fused-ring (bicyclic) bond motifs is 1. The third-order valence-electron chi connectivity index (χ3n) is 6.76. The zero-order valence-corrected chi connectivity index (χ0v) is 22.6. The number of hydrogen-bond acceptors (Lipinski definition) is 7. The van der Waals surface area contributed by atoms with Crippen LogP contribution in [0.2, 0.25) is 0 Å². The summed E-state index contributed by atoms with van der Waals surface area (Å²) in [6.45, 7) is 4.97. The second-order valence-corrected chi connectivity index (χ2v) is 11.5. The van der Waals surface area contributed by atoms with Gasteiger partial charge in [-0.1, -0.05) is 31.2 Å². The number of aliphatic hydroxyl groups excluding tert-OH is 1. The molecule has 1 aliphatic rings. The van der Waals surface area contributed by atoms with Crippen molar-refractivity contribution in [1.29, 1.82) is 0 Å². The Bertz CT molecular complexity index is 1280. The third-order valence-corrected chi connectivity index (χ3v) is 8.78. The Balaban J connectivity index is 1.71. The van der Waals surface area contributed by atoms with Crippen molar-refractivity contribution in [3.05, 3.63) is 72.6 Å². The van der Waals surface area contributed by atoms with E-state index in [0.29, 0.717) is 18.8 Å². The van der Waals surface area contributed by atoms with E-state index in [1.54, 1.807) is 38.4 Å². The molecule has 9 heteroatoms. The van der Waals surface area contributed by atoms with Crippen molar-refractivity contribution >= 4 is 10.0 Å². The fraction of sp³-hybridized carbons (Fsp3) is 0.393. The number of hydrogen-bond donors (Lipinski definition) is 1. The summed E-state index contributed by atoms with van der Waals surface area (Å²) in [7, 11) is -0.259. The van der Waals surface area contributed by atoms with Crippen LogP contribution in [0, 0.1) is 5.92 Å². The maximum Gasteiger partial charge on any atom is 0.247 e. The predicted octanol–water partition coefficient (Wildman–Crippen LogP) is 3.66. The fourth-order valence-corrected chi connectivity index (χ4v) is 6.41. The van der Waals surface area contributed by atoms with Gasteiger partial charge in [0.2, 0.25) is 10.0 Å². The molecule has 1 N–H and O–H groups in total. The number of sulfonamides is 1. The summed E-state index contributed by atoms with van der Waals surface area (Å²) in [5.41, 5.74) is 2.85. The molecule has 3 aromatic rings. The van der Waals surface area contributed by atoms with Crippen molar-refractivity contribution in [2.45, 2.75) is 37.4 Å². The minimum absolute atomic E-state index is 0.108. The fourth-order valence-electron chi connectivity index (χ4n) is 4.58. The van der Waals surface area contributed by atoms with E-state index in [-0.39, 0.29) is 30.1 Å². The molecular formula is C28H35N3O5S. The van der Waals surface area contributed by atoms with Gasteiger partial charge in [-0.15, -0.1) is 0 Å². The molecule has 0 saturated carbocycles. The second-order valence-electron chi connectivity index (χ2n) is 9.69. The van der Waals surface area contributed by atoms with Gasteiger partial charge in [0.1, 0.15) is 22.5 Å². The molecule has 0 saturated heterocycles. The van der Waals surface area contributed by atoms with Gasteiger partial charge in [-0.05, 0) is 61.0 Å². The first kappa shape index (κ1) is 27.1. The van der Waals surface area contributed by atoms with Gasteiger partial charge in [0, 0.05) is 44.0 Å². The Hall–Kier alpha value is -2.98. The molecule has 0 spiro atoms. The normalized spacial score (nSPS) is 20.4. The van der Waals surface area contributed by atoms with E-state index in [1.165, 1.54) is 4.31 Å². The summed E-state index contributed by atoms with van der Waals surface area (Å²) < 4.78 is 40.6. The Kier molecular flexibility index (Phi) is 8.49. The van der Waals surface area contributed by atoms with Crippen molar-refractivity contribution < 1.29 is 23.0 Å². The van der Waals surface area contributed by atoms with Gasteiger partial charge in [0.05, 0.1) is 13.7 Å². The molecule has 37 heavy (non-hydrogen) atoms. The van der Waals surface area contributed by atoms with Crippen LogP contribution in [0.3, 0.4) is 0 Å². The number of ether oxygens (including phenoxy) is 2.